The van der Waals surface area contributed by atoms with Crippen molar-refractivity contribution in [1.29, 1.82) is 0 Å². The van der Waals surface area contributed by atoms with Crippen LogP contribution in [-0.2, 0) is 9.47 Å². The molecule has 0 amide bonds. The van der Waals surface area contributed by atoms with Crippen LogP contribution in [0.15, 0.2) is 30.3 Å². The predicted octanol–water partition coefficient (Wildman–Crippen LogP) is 2.26. The molecule has 1 heterocycles. The number of rotatable bonds is 5. The lowest BCUT2D eigenvalue weighted by atomic mass is 10.2. The first-order valence-electron chi connectivity index (χ1n) is 5.83. The molecular formula is C13H18O3. The van der Waals surface area contributed by atoms with Gasteiger partial charge in [-0.25, -0.2) is 0 Å². The van der Waals surface area contributed by atoms with Crippen LogP contribution in [0.25, 0.3) is 0 Å². The van der Waals surface area contributed by atoms with Gasteiger partial charge in [0.15, 0.2) is 6.29 Å². The molecule has 2 unspecified atom stereocenters. The molecule has 16 heavy (non-hydrogen) atoms. The molecular weight excluding hydrogens is 204 g/mol. The zero-order valence-corrected chi connectivity index (χ0v) is 9.34. The number of ether oxygens (including phenoxy) is 2. The topological polar surface area (TPSA) is 38.7 Å². The molecule has 1 aliphatic heterocycles. The van der Waals surface area contributed by atoms with Gasteiger partial charge in [0.05, 0.1) is 12.7 Å². The average molecular weight is 222 g/mol. The molecule has 0 bridgehead atoms. The van der Waals surface area contributed by atoms with Crippen LogP contribution < -0.4 is 0 Å². The van der Waals surface area contributed by atoms with Crippen LogP contribution in [0.4, 0.5) is 0 Å². The van der Waals surface area contributed by atoms with Crippen molar-refractivity contribution in [3.8, 4) is 0 Å². The van der Waals surface area contributed by atoms with Crippen molar-refractivity contribution in [1.82, 2.24) is 0 Å². The van der Waals surface area contributed by atoms with Crippen molar-refractivity contribution in [2.24, 2.45) is 0 Å². The van der Waals surface area contributed by atoms with E-state index in [9.17, 15) is 0 Å². The van der Waals surface area contributed by atoms with Crippen molar-refractivity contribution < 1.29 is 14.6 Å². The van der Waals surface area contributed by atoms with Crippen molar-refractivity contribution >= 4 is 0 Å². The van der Waals surface area contributed by atoms with Gasteiger partial charge in [-0.15, -0.1) is 0 Å². The summed E-state index contributed by atoms with van der Waals surface area (Å²) in [6.45, 7) is 0.917. The van der Waals surface area contributed by atoms with E-state index >= 15 is 0 Å². The minimum Gasteiger partial charge on any atom is -0.396 e. The average Bonchev–Trinajstić information content (AvgIpc) is 2.79. The van der Waals surface area contributed by atoms with Gasteiger partial charge in [0.2, 0.25) is 0 Å². The number of benzene rings is 1. The summed E-state index contributed by atoms with van der Waals surface area (Å²) in [7, 11) is 0. The molecule has 0 aromatic heterocycles. The van der Waals surface area contributed by atoms with Crippen LogP contribution in [0.1, 0.15) is 31.1 Å². The Kier molecular flexibility index (Phi) is 4.34. The van der Waals surface area contributed by atoms with Gasteiger partial charge in [-0.05, 0) is 19.3 Å². The second kappa shape index (κ2) is 5.99. The van der Waals surface area contributed by atoms with Gasteiger partial charge < -0.3 is 14.6 Å². The Hall–Kier alpha value is -0.900. The molecule has 1 aromatic rings. The van der Waals surface area contributed by atoms with Gasteiger partial charge in [0.25, 0.3) is 0 Å². The van der Waals surface area contributed by atoms with Crippen molar-refractivity contribution in [3.63, 3.8) is 0 Å². The molecule has 2 rings (SSSR count). The maximum Gasteiger partial charge on any atom is 0.184 e. The molecule has 2 atom stereocenters. The van der Waals surface area contributed by atoms with Crippen LogP contribution in [0.2, 0.25) is 0 Å². The first-order valence-corrected chi connectivity index (χ1v) is 5.83. The van der Waals surface area contributed by atoms with Gasteiger partial charge in [0.1, 0.15) is 0 Å². The minimum atomic E-state index is -0.208. The lowest BCUT2D eigenvalue weighted by molar-refractivity contribution is -0.0614. The van der Waals surface area contributed by atoms with Crippen LogP contribution in [0.5, 0.6) is 0 Å². The maximum absolute atomic E-state index is 8.70. The fourth-order valence-electron chi connectivity index (χ4n) is 1.87. The summed E-state index contributed by atoms with van der Waals surface area (Å²) in [4.78, 5) is 0. The monoisotopic (exact) mass is 222 g/mol. The van der Waals surface area contributed by atoms with E-state index in [0.29, 0.717) is 6.61 Å². The van der Waals surface area contributed by atoms with Gasteiger partial charge in [0, 0.05) is 12.2 Å². The van der Waals surface area contributed by atoms with E-state index in [1.165, 1.54) is 0 Å². The highest BCUT2D eigenvalue weighted by Crippen LogP contribution is 2.28. The molecule has 1 aromatic carbocycles. The fourth-order valence-corrected chi connectivity index (χ4v) is 1.87. The number of aliphatic hydroxyl groups is 1. The Morgan fingerprint density at radius 2 is 2.00 bits per heavy atom. The maximum atomic E-state index is 8.70. The van der Waals surface area contributed by atoms with E-state index in [0.717, 1.165) is 24.8 Å². The van der Waals surface area contributed by atoms with E-state index in [2.05, 4.69) is 0 Å². The Morgan fingerprint density at radius 3 is 2.75 bits per heavy atom. The third kappa shape index (κ3) is 3.04. The second-order valence-electron chi connectivity index (χ2n) is 4.05. The molecule has 0 spiro atoms. The Balaban J connectivity index is 1.79. The molecule has 3 heteroatoms. The largest absolute Gasteiger partial charge is 0.396 e. The molecule has 1 fully saturated rings. The Labute approximate surface area is 96.0 Å². The predicted molar refractivity (Wildman–Crippen MR) is 60.9 cm³/mol. The third-order valence-electron chi connectivity index (χ3n) is 2.76. The summed E-state index contributed by atoms with van der Waals surface area (Å²) in [5, 5.41) is 8.70. The Morgan fingerprint density at radius 1 is 1.19 bits per heavy atom. The first kappa shape index (κ1) is 11.6. The molecule has 0 saturated carbocycles. The van der Waals surface area contributed by atoms with E-state index in [1.54, 1.807) is 0 Å². The summed E-state index contributed by atoms with van der Waals surface area (Å²) in [6.07, 6.45) is 2.77. The van der Waals surface area contributed by atoms with Crippen LogP contribution in [-0.4, -0.2) is 24.4 Å². The van der Waals surface area contributed by atoms with Gasteiger partial charge in [-0.3, -0.25) is 0 Å². The molecule has 3 nitrogen and oxygen atoms in total. The standard InChI is InChI=1S/C13H18O3/c14-9-5-4-8-12-10-15-13(16-12)11-6-2-1-3-7-11/h1-3,6-7,12-14H,4-5,8-10H2. The Bertz CT molecular complexity index is 299. The summed E-state index contributed by atoms with van der Waals surface area (Å²) in [5.74, 6) is 0. The number of hydrogen-bond donors (Lipinski definition) is 1. The van der Waals surface area contributed by atoms with Gasteiger partial charge in [-0.1, -0.05) is 30.3 Å². The number of unbranched alkanes of at least 4 members (excludes halogenated alkanes) is 1. The number of hydrogen-bond acceptors (Lipinski definition) is 3. The SMILES string of the molecule is OCCCCC1COC(c2ccccc2)O1. The van der Waals surface area contributed by atoms with E-state index in [-0.39, 0.29) is 19.0 Å². The van der Waals surface area contributed by atoms with E-state index in [1.807, 2.05) is 30.3 Å². The van der Waals surface area contributed by atoms with Crippen LogP contribution in [0, 0.1) is 0 Å². The summed E-state index contributed by atoms with van der Waals surface area (Å²) < 4.78 is 11.4. The molecule has 1 saturated heterocycles. The second-order valence-corrected chi connectivity index (χ2v) is 4.05. The lowest BCUT2D eigenvalue weighted by Gasteiger charge is -2.11. The normalized spacial score (nSPS) is 24.8. The molecule has 0 aliphatic carbocycles. The smallest absolute Gasteiger partial charge is 0.184 e. The van der Waals surface area contributed by atoms with Gasteiger partial charge in [-0.2, -0.15) is 0 Å². The summed E-state index contributed by atoms with van der Waals surface area (Å²) in [5.41, 5.74) is 1.08. The molecule has 1 aliphatic rings. The van der Waals surface area contributed by atoms with E-state index in [4.69, 9.17) is 14.6 Å². The minimum absolute atomic E-state index is 0.178. The van der Waals surface area contributed by atoms with Gasteiger partial charge >= 0.3 is 0 Å². The van der Waals surface area contributed by atoms with Crippen LogP contribution >= 0.6 is 0 Å². The molecule has 0 radical (unpaired) electrons. The highest BCUT2D eigenvalue weighted by Gasteiger charge is 2.26. The first-order chi connectivity index (χ1) is 7.90. The fraction of sp³-hybridized carbons (Fsp3) is 0.538. The molecule has 88 valence electrons. The summed E-state index contributed by atoms with van der Waals surface area (Å²) >= 11 is 0. The zero-order chi connectivity index (χ0) is 11.2. The highest BCUT2D eigenvalue weighted by atomic mass is 16.7. The zero-order valence-electron chi connectivity index (χ0n) is 9.34. The van der Waals surface area contributed by atoms with Crippen molar-refractivity contribution in [2.45, 2.75) is 31.7 Å². The quantitative estimate of drug-likeness (QED) is 0.777. The summed E-state index contributed by atoms with van der Waals surface area (Å²) in [6, 6.07) is 9.99. The third-order valence-corrected chi connectivity index (χ3v) is 2.76. The van der Waals surface area contributed by atoms with Crippen molar-refractivity contribution in [3.05, 3.63) is 35.9 Å². The molecule has 1 N–H and O–H groups in total. The highest BCUT2D eigenvalue weighted by molar-refractivity contribution is 5.16. The lowest BCUT2D eigenvalue weighted by Crippen LogP contribution is -2.09. The van der Waals surface area contributed by atoms with Crippen molar-refractivity contribution in [2.75, 3.05) is 13.2 Å². The van der Waals surface area contributed by atoms with Crippen LogP contribution in [0.3, 0.4) is 0 Å². The number of aliphatic hydroxyl groups excluding tert-OH is 1. The van der Waals surface area contributed by atoms with E-state index < -0.39 is 0 Å².